The Kier molecular flexibility index (Phi) is 3.22. The highest BCUT2D eigenvalue weighted by Crippen LogP contribution is 2.42. The number of carbonyl (C=O) groups excluding carboxylic acids is 1. The van der Waals surface area contributed by atoms with Crippen LogP contribution in [0, 0.1) is 11.3 Å². The number of hydrogen-bond acceptors (Lipinski definition) is 2. The van der Waals surface area contributed by atoms with Gasteiger partial charge in [0.25, 0.3) is 0 Å². The van der Waals surface area contributed by atoms with E-state index >= 15 is 0 Å². The summed E-state index contributed by atoms with van der Waals surface area (Å²) in [5.74, 6) is 0.875. The van der Waals surface area contributed by atoms with Gasteiger partial charge in [0.2, 0.25) is 5.91 Å². The monoisotopic (exact) mass is 235 g/mol. The minimum atomic E-state index is 0.113. The molecule has 1 aliphatic rings. The van der Waals surface area contributed by atoms with Gasteiger partial charge >= 0.3 is 0 Å². The van der Waals surface area contributed by atoms with Crippen LogP contribution in [0.4, 0.5) is 5.82 Å². The van der Waals surface area contributed by atoms with E-state index in [9.17, 15) is 4.79 Å². The van der Waals surface area contributed by atoms with Crippen molar-refractivity contribution in [2.45, 2.75) is 46.5 Å². The first-order valence-corrected chi connectivity index (χ1v) is 6.38. The van der Waals surface area contributed by atoms with Gasteiger partial charge in [0.1, 0.15) is 0 Å². The van der Waals surface area contributed by atoms with Gasteiger partial charge in [-0.2, -0.15) is 5.10 Å². The van der Waals surface area contributed by atoms with Crippen molar-refractivity contribution in [3.05, 3.63) is 11.8 Å². The predicted octanol–water partition coefficient (Wildman–Crippen LogP) is 2.74. The Morgan fingerprint density at radius 2 is 2.41 bits per heavy atom. The van der Waals surface area contributed by atoms with Crippen LogP contribution in [0.15, 0.2) is 6.07 Å². The molecule has 17 heavy (non-hydrogen) atoms. The molecule has 4 heteroatoms. The van der Waals surface area contributed by atoms with Gasteiger partial charge in [0.05, 0.1) is 0 Å². The maximum Gasteiger partial charge on any atom is 0.229 e. The zero-order chi connectivity index (χ0) is 12.5. The van der Waals surface area contributed by atoms with Gasteiger partial charge in [-0.1, -0.05) is 27.2 Å². The number of amides is 1. The molecule has 2 N–H and O–H groups in total. The second-order valence-electron chi connectivity index (χ2n) is 5.55. The maximum atomic E-state index is 12.2. The smallest absolute Gasteiger partial charge is 0.229 e. The molecular weight excluding hydrogens is 214 g/mol. The van der Waals surface area contributed by atoms with Crippen LogP contribution in [0.3, 0.4) is 0 Å². The number of anilines is 1. The van der Waals surface area contributed by atoms with Gasteiger partial charge < -0.3 is 5.32 Å². The van der Waals surface area contributed by atoms with Crippen LogP contribution in [0.2, 0.25) is 0 Å². The van der Waals surface area contributed by atoms with Crippen molar-refractivity contribution in [3.63, 3.8) is 0 Å². The second-order valence-corrected chi connectivity index (χ2v) is 5.55. The molecule has 0 aromatic carbocycles. The van der Waals surface area contributed by atoms with Gasteiger partial charge in [-0.25, -0.2) is 0 Å². The van der Waals surface area contributed by atoms with Crippen LogP contribution < -0.4 is 5.32 Å². The Balaban J connectivity index is 2.01. The fourth-order valence-electron chi connectivity index (χ4n) is 2.63. The molecule has 1 unspecified atom stereocenters. The largest absolute Gasteiger partial charge is 0.309 e. The van der Waals surface area contributed by atoms with Crippen LogP contribution >= 0.6 is 0 Å². The molecule has 0 bridgehead atoms. The lowest BCUT2D eigenvalue weighted by Crippen LogP contribution is -2.30. The Bertz CT molecular complexity index is 409. The lowest BCUT2D eigenvalue weighted by atomic mass is 9.81. The van der Waals surface area contributed by atoms with Gasteiger partial charge in [-0.05, 0) is 24.7 Å². The number of nitrogens with zero attached hydrogens (tertiary/aromatic N) is 1. The quantitative estimate of drug-likeness (QED) is 0.846. The highest BCUT2D eigenvalue weighted by atomic mass is 16.2. The summed E-state index contributed by atoms with van der Waals surface area (Å²) in [6.07, 6.45) is 4.17. The summed E-state index contributed by atoms with van der Waals surface area (Å²) < 4.78 is 0. The first-order chi connectivity index (χ1) is 8.03. The lowest BCUT2D eigenvalue weighted by Gasteiger charge is -2.25. The van der Waals surface area contributed by atoms with E-state index in [1.807, 2.05) is 6.07 Å². The average Bonchev–Trinajstić information content (AvgIpc) is 2.84. The zero-order valence-corrected chi connectivity index (χ0v) is 10.8. The standard InChI is InChI=1S/C13H21N3O/c1-4-9-8-11(16-15-9)14-12(17)10-6-5-7-13(10,2)3/h8,10H,4-7H2,1-3H3,(H2,14,15,16,17). The van der Waals surface area contributed by atoms with Crippen molar-refractivity contribution in [3.8, 4) is 0 Å². The number of hydrogen-bond donors (Lipinski definition) is 2. The molecule has 4 nitrogen and oxygen atoms in total. The van der Waals surface area contributed by atoms with Crippen LogP contribution in [-0.4, -0.2) is 16.1 Å². The van der Waals surface area contributed by atoms with Gasteiger partial charge in [-0.15, -0.1) is 0 Å². The summed E-state index contributed by atoms with van der Waals surface area (Å²) >= 11 is 0. The molecule has 2 rings (SSSR count). The molecule has 1 aromatic heterocycles. The molecule has 0 spiro atoms. The molecule has 0 saturated heterocycles. The number of H-pyrrole nitrogens is 1. The minimum Gasteiger partial charge on any atom is -0.309 e. The third kappa shape index (κ3) is 2.51. The number of nitrogens with one attached hydrogen (secondary N) is 2. The van der Waals surface area contributed by atoms with Crippen LogP contribution in [0.5, 0.6) is 0 Å². The van der Waals surface area contributed by atoms with Crippen LogP contribution in [0.25, 0.3) is 0 Å². The van der Waals surface area contributed by atoms with E-state index < -0.39 is 0 Å². The van der Waals surface area contributed by atoms with E-state index in [4.69, 9.17) is 0 Å². The van der Waals surface area contributed by atoms with Gasteiger partial charge in [-0.3, -0.25) is 9.89 Å². The van der Waals surface area contributed by atoms with E-state index in [0.717, 1.165) is 31.4 Å². The SMILES string of the molecule is CCc1cc(NC(=O)C2CCCC2(C)C)n[nH]1. The van der Waals surface area contributed by atoms with Crippen molar-refractivity contribution in [2.75, 3.05) is 5.32 Å². The number of rotatable bonds is 3. The molecule has 1 amide bonds. The van der Waals surface area contributed by atoms with Crippen molar-refractivity contribution < 1.29 is 4.79 Å². The summed E-state index contributed by atoms with van der Waals surface area (Å²) in [6, 6.07) is 1.90. The highest BCUT2D eigenvalue weighted by Gasteiger charge is 2.39. The molecule has 1 aliphatic carbocycles. The average molecular weight is 235 g/mol. The van der Waals surface area contributed by atoms with E-state index in [2.05, 4.69) is 36.3 Å². The third-order valence-electron chi connectivity index (χ3n) is 3.84. The molecule has 1 atom stereocenters. The molecule has 1 aromatic rings. The van der Waals surface area contributed by atoms with Crippen molar-refractivity contribution in [1.82, 2.24) is 10.2 Å². The summed E-state index contributed by atoms with van der Waals surface area (Å²) in [5.41, 5.74) is 1.17. The topological polar surface area (TPSA) is 57.8 Å². The Labute approximate surface area is 102 Å². The van der Waals surface area contributed by atoms with E-state index in [1.54, 1.807) is 0 Å². The van der Waals surface area contributed by atoms with Crippen LogP contribution in [-0.2, 0) is 11.2 Å². The third-order valence-corrected chi connectivity index (χ3v) is 3.84. The van der Waals surface area contributed by atoms with Gasteiger partial charge in [0.15, 0.2) is 5.82 Å². The molecule has 1 heterocycles. The number of aromatic nitrogens is 2. The molecule has 1 saturated carbocycles. The highest BCUT2D eigenvalue weighted by molar-refractivity contribution is 5.92. The zero-order valence-electron chi connectivity index (χ0n) is 10.8. The number of carbonyl (C=O) groups is 1. The lowest BCUT2D eigenvalue weighted by molar-refractivity contribution is -0.122. The number of aromatic amines is 1. The molecule has 1 fully saturated rings. The van der Waals surface area contributed by atoms with Crippen molar-refractivity contribution in [1.29, 1.82) is 0 Å². The van der Waals surface area contributed by atoms with E-state index in [0.29, 0.717) is 5.82 Å². The van der Waals surface area contributed by atoms with Crippen molar-refractivity contribution >= 4 is 11.7 Å². The first kappa shape index (κ1) is 12.1. The fraction of sp³-hybridized carbons (Fsp3) is 0.692. The summed E-state index contributed by atoms with van der Waals surface area (Å²) in [4.78, 5) is 12.2. The number of aryl methyl sites for hydroxylation is 1. The summed E-state index contributed by atoms with van der Waals surface area (Å²) in [5, 5.41) is 9.91. The van der Waals surface area contributed by atoms with Crippen LogP contribution in [0.1, 0.15) is 45.7 Å². The predicted molar refractivity (Wildman–Crippen MR) is 67.7 cm³/mol. The fourth-order valence-corrected chi connectivity index (χ4v) is 2.63. The van der Waals surface area contributed by atoms with E-state index in [1.165, 1.54) is 0 Å². The Morgan fingerprint density at radius 1 is 1.65 bits per heavy atom. The second kappa shape index (κ2) is 4.51. The van der Waals surface area contributed by atoms with Crippen molar-refractivity contribution in [2.24, 2.45) is 11.3 Å². The maximum absolute atomic E-state index is 12.2. The molecule has 0 aliphatic heterocycles. The molecule has 94 valence electrons. The Hall–Kier alpha value is -1.32. The summed E-state index contributed by atoms with van der Waals surface area (Å²) in [6.45, 7) is 6.40. The van der Waals surface area contributed by atoms with E-state index in [-0.39, 0.29) is 17.2 Å². The molecular formula is C13H21N3O. The Morgan fingerprint density at radius 3 is 2.94 bits per heavy atom. The molecule has 0 radical (unpaired) electrons. The van der Waals surface area contributed by atoms with Gasteiger partial charge in [0, 0.05) is 17.7 Å². The summed E-state index contributed by atoms with van der Waals surface area (Å²) in [7, 11) is 0. The minimum absolute atomic E-state index is 0.113. The first-order valence-electron chi connectivity index (χ1n) is 6.38. The normalized spacial score (nSPS) is 22.6.